The van der Waals surface area contributed by atoms with Crippen LogP contribution in [0.25, 0.3) is 11.4 Å². The summed E-state index contributed by atoms with van der Waals surface area (Å²) in [5.74, 6) is 0.678. The minimum atomic E-state index is -0.177. The van der Waals surface area contributed by atoms with Crippen LogP contribution in [0.5, 0.6) is 0 Å². The van der Waals surface area contributed by atoms with Gasteiger partial charge in [-0.3, -0.25) is 9.89 Å². The van der Waals surface area contributed by atoms with Gasteiger partial charge < -0.3 is 5.32 Å². The molecule has 0 radical (unpaired) electrons. The first-order valence-electron chi connectivity index (χ1n) is 8.63. The first-order chi connectivity index (χ1) is 13.2. The molecule has 0 unspecified atom stereocenters. The molecule has 28 heavy (non-hydrogen) atoms. The Labute approximate surface area is 178 Å². The van der Waals surface area contributed by atoms with Crippen molar-refractivity contribution < 1.29 is 4.79 Å². The number of rotatable bonds is 5. The Morgan fingerprint density at radius 2 is 1.82 bits per heavy atom. The number of aromatic amines is 1. The zero-order valence-corrected chi connectivity index (χ0v) is 18.0. The molecule has 1 heterocycles. The van der Waals surface area contributed by atoms with Crippen molar-refractivity contribution in [1.29, 1.82) is 0 Å². The summed E-state index contributed by atoms with van der Waals surface area (Å²) in [7, 11) is 0. The lowest BCUT2D eigenvalue weighted by atomic mass is 9.87. The van der Waals surface area contributed by atoms with E-state index in [4.69, 9.17) is 23.2 Å². The van der Waals surface area contributed by atoms with Crippen molar-refractivity contribution in [2.45, 2.75) is 31.3 Å². The van der Waals surface area contributed by atoms with Crippen molar-refractivity contribution in [1.82, 2.24) is 15.2 Å². The van der Waals surface area contributed by atoms with Gasteiger partial charge in [-0.25, -0.2) is 4.98 Å². The molecule has 3 aromatic rings. The molecule has 146 valence electrons. The molecule has 2 N–H and O–H groups in total. The molecule has 2 aromatic carbocycles. The van der Waals surface area contributed by atoms with Gasteiger partial charge in [0.1, 0.15) is 0 Å². The first-order valence-corrected chi connectivity index (χ1v) is 10.4. The SMILES string of the molecule is CC(C)(C)c1ccc(-c2nc(SCC(=O)Nc3ccc(Cl)c(Cl)c3)n[nH]2)cc1. The van der Waals surface area contributed by atoms with E-state index in [9.17, 15) is 4.79 Å². The second-order valence-electron chi connectivity index (χ2n) is 7.26. The maximum atomic E-state index is 12.1. The molecular weight excluding hydrogens is 415 g/mol. The maximum Gasteiger partial charge on any atom is 0.234 e. The number of benzene rings is 2. The smallest absolute Gasteiger partial charge is 0.234 e. The third kappa shape index (κ3) is 5.28. The topological polar surface area (TPSA) is 70.7 Å². The molecule has 5 nitrogen and oxygen atoms in total. The lowest BCUT2D eigenvalue weighted by Crippen LogP contribution is -2.14. The Bertz CT molecular complexity index is 981. The fourth-order valence-corrected chi connectivity index (χ4v) is 3.37. The van der Waals surface area contributed by atoms with Crippen molar-refractivity contribution >= 4 is 46.6 Å². The molecule has 0 aliphatic heterocycles. The normalized spacial score (nSPS) is 11.5. The molecule has 8 heteroatoms. The number of amides is 1. The largest absolute Gasteiger partial charge is 0.325 e. The predicted octanol–water partition coefficient (Wildman–Crippen LogP) is 5.81. The summed E-state index contributed by atoms with van der Waals surface area (Å²) in [6.07, 6.45) is 0. The van der Waals surface area contributed by atoms with Crippen molar-refractivity contribution in [3.05, 3.63) is 58.1 Å². The Morgan fingerprint density at radius 1 is 1.11 bits per heavy atom. The molecule has 0 bridgehead atoms. The summed E-state index contributed by atoms with van der Waals surface area (Å²) in [4.78, 5) is 16.6. The lowest BCUT2D eigenvalue weighted by molar-refractivity contribution is -0.113. The van der Waals surface area contributed by atoms with E-state index < -0.39 is 0 Å². The van der Waals surface area contributed by atoms with Gasteiger partial charge in [-0.2, -0.15) is 0 Å². The van der Waals surface area contributed by atoms with E-state index in [0.29, 0.717) is 26.7 Å². The van der Waals surface area contributed by atoms with Gasteiger partial charge in [0, 0.05) is 11.3 Å². The van der Waals surface area contributed by atoms with Gasteiger partial charge in [0.15, 0.2) is 5.82 Å². The van der Waals surface area contributed by atoms with Crippen LogP contribution >= 0.6 is 35.0 Å². The van der Waals surface area contributed by atoms with Crippen LogP contribution in [0.2, 0.25) is 10.0 Å². The summed E-state index contributed by atoms with van der Waals surface area (Å²) in [6, 6.07) is 13.2. The van der Waals surface area contributed by atoms with Gasteiger partial charge in [-0.1, -0.05) is 80.0 Å². The van der Waals surface area contributed by atoms with Gasteiger partial charge in [-0.05, 0) is 29.2 Å². The minimum absolute atomic E-state index is 0.0998. The van der Waals surface area contributed by atoms with Crippen LogP contribution in [0.3, 0.4) is 0 Å². The summed E-state index contributed by atoms with van der Waals surface area (Å²) in [5.41, 5.74) is 2.90. The van der Waals surface area contributed by atoms with Gasteiger partial charge in [0.05, 0.1) is 15.8 Å². The van der Waals surface area contributed by atoms with Crippen molar-refractivity contribution in [3.63, 3.8) is 0 Å². The summed E-state index contributed by atoms with van der Waals surface area (Å²) >= 11 is 13.1. The van der Waals surface area contributed by atoms with Gasteiger partial charge in [0.25, 0.3) is 0 Å². The van der Waals surface area contributed by atoms with Crippen LogP contribution < -0.4 is 5.32 Å². The average molecular weight is 435 g/mol. The lowest BCUT2D eigenvalue weighted by Gasteiger charge is -2.18. The molecule has 0 fully saturated rings. The Balaban J connectivity index is 1.58. The molecule has 0 aliphatic carbocycles. The highest BCUT2D eigenvalue weighted by Gasteiger charge is 2.14. The molecular formula is C20H20Cl2N4OS. The van der Waals surface area contributed by atoms with Crippen LogP contribution in [-0.2, 0) is 10.2 Å². The van der Waals surface area contributed by atoms with E-state index >= 15 is 0 Å². The van der Waals surface area contributed by atoms with Crippen LogP contribution in [0.1, 0.15) is 26.3 Å². The molecule has 3 rings (SSSR count). The number of hydrogen-bond donors (Lipinski definition) is 2. The maximum absolute atomic E-state index is 12.1. The zero-order chi connectivity index (χ0) is 20.3. The van der Waals surface area contributed by atoms with Crippen LogP contribution in [0.4, 0.5) is 5.69 Å². The average Bonchev–Trinajstić information content (AvgIpc) is 3.12. The molecule has 0 saturated heterocycles. The van der Waals surface area contributed by atoms with E-state index in [0.717, 1.165) is 5.56 Å². The standard InChI is InChI=1S/C20H20Cl2N4OS/c1-20(2,3)13-6-4-12(5-7-13)18-24-19(26-25-18)28-11-17(27)23-14-8-9-15(21)16(22)10-14/h4-10H,11H2,1-3H3,(H,23,27)(H,24,25,26). The number of aromatic nitrogens is 3. The monoisotopic (exact) mass is 434 g/mol. The summed E-state index contributed by atoms with van der Waals surface area (Å²) < 4.78 is 0. The highest BCUT2D eigenvalue weighted by molar-refractivity contribution is 7.99. The van der Waals surface area contributed by atoms with Crippen molar-refractivity contribution in [3.8, 4) is 11.4 Å². The zero-order valence-electron chi connectivity index (χ0n) is 15.7. The quantitative estimate of drug-likeness (QED) is 0.497. The van der Waals surface area contributed by atoms with Gasteiger partial charge in [0.2, 0.25) is 11.1 Å². The third-order valence-corrected chi connectivity index (χ3v) is 5.61. The second-order valence-corrected chi connectivity index (χ2v) is 9.02. The van der Waals surface area contributed by atoms with Crippen molar-refractivity contribution in [2.24, 2.45) is 0 Å². The summed E-state index contributed by atoms with van der Waals surface area (Å²) in [5, 5.41) is 11.2. The third-order valence-electron chi connectivity index (χ3n) is 4.02. The molecule has 0 spiro atoms. The highest BCUT2D eigenvalue weighted by atomic mass is 35.5. The number of carbonyl (C=O) groups excluding carboxylic acids is 1. The van der Waals surface area contributed by atoms with E-state index in [1.54, 1.807) is 18.2 Å². The Kier molecular flexibility index (Phi) is 6.33. The van der Waals surface area contributed by atoms with E-state index in [1.807, 2.05) is 12.1 Å². The van der Waals surface area contributed by atoms with E-state index in [1.165, 1.54) is 17.3 Å². The van der Waals surface area contributed by atoms with Gasteiger partial charge in [-0.15, -0.1) is 5.10 Å². The number of nitrogens with one attached hydrogen (secondary N) is 2. The number of hydrogen-bond acceptors (Lipinski definition) is 4. The number of nitrogens with zero attached hydrogens (tertiary/aromatic N) is 2. The van der Waals surface area contributed by atoms with Crippen LogP contribution in [0, 0.1) is 0 Å². The van der Waals surface area contributed by atoms with Crippen LogP contribution in [-0.4, -0.2) is 26.8 Å². The number of halogens is 2. The first kappa shape index (κ1) is 20.7. The molecule has 1 aromatic heterocycles. The number of thioether (sulfide) groups is 1. The molecule has 0 atom stereocenters. The number of anilines is 1. The Hall–Kier alpha value is -2.02. The van der Waals surface area contributed by atoms with Crippen LogP contribution in [0.15, 0.2) is 47.6 Å². The van der Waals surface area contributed by atoms with Gasteiger partial charge >= 0.3 is 0 Å². The van der Waals surface area contributed by atoms with E-state index in [2.05, 4.69) is 53.4 Å². The second kappa shape index (κ2) is 8.55. The molecule has 0 saturated carbocycles. The Morgan fingerprint density at radius 3 is 2.46 bits per heavy atom. The molecule has 0 aliphatic rings. The summed E-state index contributed by atoms with van der Waals surface area (Å²) in [6.45, 7) is 6.52. The minimum Gasteiger partial charge on any atom is -0.325 e. The van der Waals surface area contributed by atoms with E-state index in [-0.39, 0.29) is 17.1 Å². The number of carbonyl (C=O) groups is 1. The predicted molar refractivity (Wildman–Crippen MR) is 116 cm³/mol. The fraction of sp³-hybridized carbons (Fsp3) is 0.250. The highest BCUT2D eigenvalue weighted by Crippen LogP contribution is 2.27. The van der Waals surface area contributed by atoms with Crippen molar-refractivity contribution in [2.75, 3.05) is 11.1 Å². The number of H-pyrrole nitrogens is 1. The molecule has 1 amide bonds. The fourth-order valence-electron chi connectivity index (χ4n) is 2.47.